The molecule has 1 heteroatoms. The fourth-order valence-electron chi connectivity index (χ4n) is 1.24. The van der Waals surface area contributed by atoms with E-state index in [9.17, 15) is 0 Å². The topological polar surface area (TPSA) is 0 Å². The molecule has 0 rings (SSSR count). The molecule has 0 spiro atoms. The van der Waals surface area contributed by atoms with Crippen LogP contribution in [0.25, 0.3) is 0 Å². The van der Waals surface area contributed by atoms with Crippen LogP contribution in [0.2, 0.25) is 11.6 Å². The Balaban J connectivity index is 3.71. The van der Waals surface area contributed by atoms with Gasteiger partial charge in [-0.25, -0.2) is 0 Å². The van der Waals surface area contributed by atoms with Crippen LogP contribution in [0.1, 0.15) is 33.6 Å². The average molecular weight is 180 g/mol. The van der Waals surface area contributed by atoms with Gasteiger partial charge in [0.1, 0.15) is 0 Å². The van der Waals surface area contributed by atoms with Crippen molar-refractivity contribution in [1.29, 1.82) is 0 Å². The highest BCUT2D eigenvalue weighted by Crippen LogP contribution is 2.07. The third-order valence-electron chi connectivity index (χ3n) is 1.71. The summed E-state index contributed by atoms with van der Waals surface area (Å²) >= 11 is -0.478. The summed E-state index contributed by atoms with van der Waals surface area (Å²) in [4.78, 5) is 2.48. The normalized spacial score (nSPS) is 11.2. The molecule has 0 heterocycles. The molecule has 0 aromatic rings. The lowest BCUT2D eigenvalue weighted by molar-refractivity contribution is 0.969. The molecular formula is C11H21Al. The Morgan fingerprint density at radius 2 is 1.75 bits per heavy atom. The molecule has 0 atom stereocenters. The Hall–Kier alpha value is 0.0125. The lowest BCUT2D eigenvalue weighted by atomic mass is 10.1. The van der Waals surface area contributed by atoms with Crippen molar-refractivity contribution in [2.45, 2.75) is 45.2 Å². The van der Waals surface area contributed by atoms with Crippen LogP contribution in [0.4, 0.5) is 0 Å². The second-order valence-electron chi connectivity index (χ2n) is 4.08. The fraction of sp³-hybridized carbons (Fsp3) is 0.636. The standard InChI is InChI=1S/C9H15.2CH3.Al/c1-8(2)6-5-7-9(3)4;;;/h1,7H,5-6H2,2-4H3;2*1H3;. The summed E-state index contributed by atoms with van der Waals surface area (Å²) in [6, 6.07) is 0. The van der Waals surface area contributed by atoms with Gasteiger partial charge in [0.15, 0.2) is 0 Å². The first-order valence-corrected chi connectivity index (χ1v) is 7.80. The lowest BCUT2D eigenvalue weighted by Gasteiger charge is -1.99. The summed E-state index contributed by atoms with van der Waals surface area (Å²) in [5.74, 6) is 4.73. The van der Waals surface area contributed by atoms with Crippen LogP contribution in [-0.4, -0.2) is 14.1 Å². The molecule has 0 radical (unpaired) electrons. The van der Waals surface area contributed by atoms with Crippen molar-refractivity contribution < 1.29 is 0 Å². The Labute approximate surface area is 81.8 Å². The van der Waals surface area contributed by atoms with E-state index in [-0.39, 0.29) is 0 Å². The van der Waals surface area contributed by atoms with Crippen LogP contribution >= 0.6 is 0 Å². The van der Waals surface area contributed by atoms with Crippen LogP contribution in [0.5, 0.6) is 0 Å². The zero-order chi connectivity index (χ0) is 9.56. The fourth-order valence-corrected chi connectivity index (χ4v) is 2.55. The van der Waals surface area contributed by atoms with Crippen LogP contribution in [0, 0.1) is 0 Å². The number of rotatable bonds is 4. The maximum Gasteiger partial charge on any atom is 0.288 e. The predicted octanol–water partition coefficient (Wildman–Crippen LogP) is 3.97. The zero-order valence-electron chi connectivity index (χ0n) is 9.15. The highest BCUT2D eigenvalue weighted by atomic mass is 27.2. The Morgan fingerprint density at radius 1 is 1.17 bits per heavy atom. The van der Waals surface area contributed by atoms with Crippen molar-refractivity contribution in [3.8, 4) is 0 Å². The maximum absolute atomic E-state index is 2.48. The lowest BCUT2D eigenvalue weighted by Crippen LogP contribution is -1.95. The number of hydrogen-bond donors (Lipinski definition) is 0. The van der Waals surface area contributed by atoms with E-state index in [1.54, 1.807) is 5.57 Å². The molecule has 0 aromatic heterocycles. The highest BCUT2D eigenvalue weighted by molar-refractivity contribution is 6.61. The average Bonchev–Trinajstić information content (AvgIpc) is 1.84. The van der Waals surface area contributed by atoms with Crippen LogP contribution in [0.3, 0.4) is 0 Å². The molecule has 0 aliphatic heterocycles. The molecule has 0 N–H and O–H groups in total. The molecule has 0 nitrogen and oxygen atoms in total. The smallest absolute Gasteiger partial charge is 0.146 e. The molecule has 0 aliphatic carbocycles. The summed E-state index contributed by atoms with van der Waals surface area (Å²) < 4.78 is 0. The Kier molecular flexibility index (Phi) is 6.53. The van der Waals surface area contributed by atoms with Gasteiger partial charge < -0.3 is 0 Å². The first-order valence-electron chi connectivity index (χ1n) is 4.83. The van der Waals surface area contributed by atoms with E-state index in [0.29, 0.717) is 0 Å². The molecule has 0 unspecified atom stereocenters. The molecule has 0 aliphatic rings. The molecule has 0 saturated carbocycles. The highest BCUT2D eigenvalue weighted by Gasteiger charge is 1.96. The van der Waals surface area contributed by atoms with Crippen molar-refractivity contribution in [2.75, 3.05) is 0 Å². The van der Waals surface area contributed by atoms with E-state index in [1.165, 1.54) is 18.4 Å². The van der Waals surface area contributed by atoms with Crippen molar-refractivity contribution in [3.05, 3.63) is 22.2 Å². The maximum atomic E-state index is 2.48. The van der Waals surface area contributed by atoms with E-state index in [2.05, 4.69) is 43.4 Å². The Bertz CT molecular complexity index is 171. The van der Waals surface area contributed by atoms with Crippen molar-refractivity contribution in [1.82, 2.24) is 0 Å². The summed E-state index contributed by atoms with van der Waals surface area (Å²) in [5, 5.41) is 0. The first kappa shape index (κ1) is 12.0. The van der Waals surface area contributed by atoms with Crippen LogP contribution in [0.15, 0.2) is 22.2 Å². The molecular weight excluding hydrogens is 159 g/mol. The molecule has 0 bridgehead atoms. The number of allylic oxidation sites excluding steroid dienone is 3. The molecule has 0 saturated heterocycles. The summed E-state index contributed by atoms with van der Waals surface area (Å²) in [7, 11) is 0. The van der Waals surface area contributed by atoms with Gasteiger partial charge in [0.25, 0.3) is 14.1 Å². The van der Waals surface area contributed by atoms with Crippen LogP contribution < -0.4 is 0 Å². The zero-order valence-corrected chi connectivity index (χ0v) is 10.3. The molecule has 0 fully saturated rings. The van der Waals surface area contributed by atoms with Gasteiger partial charge in [-0.2, -0.15) is 0 Å². The van der Waals surface area contributed by atoms with E-state index < -0.39 is 14.1 Å². The third kappa shape index (κ3) is 8.11. The first-order chi connectivity index (χ1) is 5.52. The number of hydrogen-bond acceptors (Lipinski definition) is 0. The van der Waals surface area contributed by atoms with E-state index in [1.807, 2.05) is 0 Å². The minimum Gasteiger partial charge on any atom is -0.146 e. The van der Waals surface area contributed by atoms with Gasteiger partial charge in [-0.15, -0.1) is 16.5 Å². The van der Waals surface area contributed by atoms with Gasteiger partial charge in [0.05, 0.1) is 0 Å². The summed E-state index contributed by atoms with van der Waals surface area (Å²) in [5.41, 5.74) is 3.01. The van der Waals surface area contributed by atoms with Gasteiger partial charge in [-0.1, -0.05) is 17.2 Å². The molecule has 68 valence electrons. The summed E-state index contributed by atoms with van der Waals surface area (Å²) in [6.07, 6.45) is 4.78. The van der Waals surface area contributed by atoms with E-state index in [4.69, 9.17) is 0 Å². The van der Waals surface area contributed by atoms with Gasteiger partial charge in [0.2, 0.25) is 0 Å². The minimum absolute atomic E-state index is 0.478. The van der Waals surface area contributed by atoms with Gasteiger partial charge >= 0.3 is 0 Å². The quantitative estimate of drug-likeness (QED) is 0.453. The van der Waals surface area contributed by atoms with Gasteiger partial charge in [-0.05, 0) is 33.6 Å². The van der Waals surface area contributed by atoms with Crippen molar-refractivity contribution in [3.63, 3.8) is 0 Å². The third-order valence-corrected chi connectivity index (χ3v) is 2.94. The monoisotopic (exact) mass is 180 g/mol. The molecule has 0 amide bonds. The second-order valence-corrected chi connectivity index (χ2v) is 6.90. The summed E-state index contributed by atoms with van der Waals surface area (Å²) in [6.45, 7) is 6.58. The van der Waals surface area contributed by atoms with Crippen LogP contribution in [-0.2, 0) is 0 Å². The minimum atomic E-state index is -0.478. The Morgan fingerprint density at radius 3 is 2.17 bits per heavy atom. The molecule has 0 aromatic carbocycles. The van der Waals surface area contributed by atoms with Crippen molar-refractivity contribution in [2.24, 2.45) is 0 Å². The van der Waals surface area contributed by atoms with E-state index >= 15 is 0 Å². The molecule has 12 heavy (non-hydrogen) atoms. The second kappa shape index (κ2) is 6.52. The van der Waals surface area contributed by atoms with E-state index in [0.717, 1.165) is 0 Å². The van der Waals surface area contributed by atoms with Gasteiger partial charge in [-0.3, -0.25) is 0 Å². The largest absolute Gasteiger partial charge is 0.288 e. The SMILES string of the molecule is CC(C)=CCCC(C)=[CH][Al]([CH3])[CH3]. The predicted molar refractivity (Wildman–Crippen MR) is 59.9 cm³/mol. The van der Waals surface area contributed by atoms with Crippen molar-refractivity contribution >= 4 is 14.1 Å². The van der Waals surface area contributed by atoms with Gasteiger partial charge in [0, 0.05) is 0 Å².